The number of hydrogen-bond acceptors (Lipinski definition) is 4. The van der Waals surface area contributed by atoms with E-state index in [2.05, 4.69) is 5.32 Å². The van der Waals surface area contributed by atoms with Gasteiger partial charge in [0.05, 0.1) is 12.1 Å². The number of amides is 2. The van der Waals surface area contributed by atoms with Gasteiger partial charge < -0.3 is 20.7 Å². The van der Waals surface area contributed by atoms with Gasteiger partial charge in [-0.3, -0.25) is 9.59 Å². The molecule has 0 spiro atoms. The van der Waals surface area contributed by atoms with Crippen molar-refractivity contribution in [2.75, 3.05) is 39.6 Å². The maximum atomic E-state index is 13.6. The van der Waals surface area contributed by atoms with Crippen LogP contribution in [-0.2, 0) is 9.53 Å². The number of halogens is 1. The first-order valence-electron chi connectivity index (χ1n) is 6.52. The highest BCUT2D eigenvalue weighted by molar-refractivity contribution is 5.97. The Morgan fingerprint density at radius 2 is 2.14 bits per heavy atom. The fourth-order valence-electron chi connectivity index (χ4n) is 1.70. The van der Waals surface area contributed by atoms with Crippen molar-refractivity contribution in [1.29, 1.82) is 0 Å². The number of nitrogens with two attached hydrogens (primary N) is 1. The zero-order valence-electron chi connectivity index (χ0n) is 12.2. The Balaban J connectivity index is 2.54. The van der Waals surface area contributed by atoms with Crippen LogP contribution in [0.3, 0.4) is 0 Å². The smallest absolute Gasteiger partial charge is 0.257 e. The molecule has 0 fully saturated rings. The summed E-state index contributed by atoms with van der Waals surface area (Å²) in [7, 11) is 3.01. The number of carbonyl (C=O) groups is 2. The van der Waals surface area contributed by atoms with E-state index in [9.17, 15) is 14.0 Å². The maximum absolute atomic E-state index is 13.6. The molecule has 1 rings (SSSR count). The highest BCUT2D eigenvalue weighted by Gasteiger charge is 2.18. The van der Waals surface area contributed by atoms with E-state index in [4.69, 9.17) is 10.5 Å². The van der Waals surface area contributed by atoms with Gasteiger partial charge in [-0.25, -0.2) is 4.39 Å². The van der Waals surface area contributed by atoms with Crippen LogP contribution in [0.1, 0.15) is 16.8 Å². The molecule has 0 radical (unpaired) electrons. The van der Waals surface area contributed by atoms with Gasteiger partial charge >= 0.3 is 0 Å². The standard InChI is InChI=1S/C14H20FN3O3/c1-18(9-13(19)17-6-3-7-21-2)14(20)11-8-10(16)4-5-12(11)15/h4-5,8H,3,6-7,9,16H2,1-2H3,(H,17,19). The number of carbonyl (C=O) groups excluding carboxylic acids is 2. The summed E-state index contributed by atoms with van der Waals surface area (Å²) in [5.74, 6) is -1.57. The molecule has 0 aliphatic heterocycles. The first-order valence-corrected chi connectivity index (χ1v) is 6.52. The number of nitrogens with zero attached hydrogens (tertiary/aromatic N) is 1. The van der Waals surface area contributed by atoms with Crippen LogP contribution in [0, 0.1) is 5.82 Å². The molecule has 3 N–H and O–H groups in total. The second kappa shape index (κ2) is 8.21. The molecule has 0 aliphatic rings. The number of benzene rings is 1. The van der Waals surface area contributed by atoms with E-state index in [0.29, 0.717) is 19.6 Å². The summed E-state index contributed by atoms with van der Waals surface area (Å²) < 4.78 is 18.4. The van der Waals surface area contributed by atoms with E-state index in [1.54, 1.807) is 7.11 Å². The molecular weight excluding hydrogens is 277 g/mol. The van der Waals surface area contributed by atoms with Crippen LogP contribution in [0.2, 0.25) is 0 Å². The van der Waals surface area contributed by atoms with E-state index in [1.165, 1.54) is 19.2 Å². The van der Waals surface area contributed by atoms with Gasteiger partial charge in [-0.05, 0) is 24.6 Å². The van der Waals surface area contributed by atoms with Gasteiger partial charge in [0.2, 0.25) is 5.91 Å². The van der Waals surface area contributed by atoms with Crippen molar-refractivity contribution in [1.82, 2.24) is 10.2 Å². The number of anilines is 1. The number of rotatable bonds is 7. The molecule has 0 aromatic heterocycles. The molecule has 0 bridgehead atoms. The number of methoxy groups -OCH3 is 1. The normalized spacial score (nSPS) is 10.2. The van der Waals surface area contributed by atoms with Gasteiger partial charge in [-0.1, -0.05) is 0 Å². The third-order valence-electron chi connectivity index (χ3n) is 2.80. The minimum absolute atomic E-state index is 0.148. The topological polar surface area (TPSA) is 84.7 Å². The molecule has 0 heterocycles. The lowest BCUT2D eigenvalue weighted by Gasteiger charge is -2.17. The van der Waals surface area contributed by atoms with Crippen LogP contribution in [0.25, 0.3) is 0 Å². The van der Waals surface area contributed by atoms with Crippen molar-refractivity contribution in [2.24, 2.45) is 0 Å². The molecule has 6 nitrogen and oxygen atoms in total. The van der Waals surface area contributed by atoms with Crippen molar-refractivity contribution >= 4 is 17.5 Å². The molecule has 21 heavy (non-hydrogen) atoms. The van der Waals surface area contributed by atoms with Crippen LogP contribution < -0.4 is 11.1 Å². The SMILES string of the molecule is COCCCNC(=O)CN(C)C(=O)c1cc(N)ccc1F. The minimum atomic E-state index is -0.665. The summed E-state index contributed by atoms with van der Waals surface area (Å²) >= 11 is 0. The Morgan fingerprint density at radius 3 is 2.81 bits per heavy atom. The van der Waals surface area contributed by atoms with Gasteiger partial charge in [-0.2, -0.15) is 0 Å². The second-order valence-electron chi connectivity index (χ2n) is 4.60. The third-order valence-corrected chi connectivity index (χ3v) is 2.80. The molecule has 0 aliphatic carbocycles. The lowest BCUT2D eigenvalue weighted by molar-refractivity contribution is -0.121. The quantitative estimate of drug-likeness (QED) is 0.571. The molecule has 0 unspecified atom stereocenters. The number of hydrogen-bond donors (Lipinski definition) is 2. The van der Waals surface area contributed by atoms with Gasteiger partial charge in [-0.15, -0.1) is 0 Å². The highest BCUT2D eigenvalue weighted by Crippen LogP contribution is 2.13. The number of likely N-dealkylation sites (N-methyl/N-ethyl adjacent to an activating group) is 1. The molecule has 7 heteroatoms. The van der Waals surface area contributed by atoms with Gasteiger partial charge in [0, 0.05) is 33.0 Å². The summed E-state index contributed by atoms with van der Waals surface area (Å²) in [6.45, 7) is 0.852. The first-order chi connectivity index (χ1) is 9.95. The van der Waals surface area contributed by atoms with E-state index >= 15 is 0 Å². The predicted molar refractivity (Wildman–Crippen MR) is 77.3 cm³/mol. The van der Waals surface area contributed by atoms with Gasteiger partial charge in [0.15, 0.2) is 0 Å². The molecule has 0 saturated carbocycles. The number of nitrogen functional groups attached to an aromatic ring is 1. The Labute approximate surface area is 123 Å². The Bertz CT molecular complexity index is 508. The van der Waals surface area contributed by atoms with Crippen LogP contribution >= 0.6 is 0 Å². The zero-order valence-corrected chi connectivity index (χ0v) is 12.2. The molecule has 1 aromatic rings. The van der Waals surface area contributed by atoms with Crippen molar-refractivity contribution in [2.45, 2.75) is 6.42 Å². The van der Waals surface area contributed by atoms with Crippen LogP contribution in [-0.4, -0.2) is 50.6 Å². The molecule has 0 saturated heterocycles. The van der Waals surface area contributed by atoms with Crippen molar-refractivity contribution < 1.29 is 18.7 Å². The summed E-state index contributed by atoms with van der Waals surface area (Å²) in [5.41, 5.74) is 5.67. The van der Waals surface area contributed by atoms with Crippen molar-refractivity contribution in [3.63, 3.8) is 0 Å². The van der Waals surface area contributed by atoms with Crippen molar-refractivity contribution in [3.05, 3.63) is 29.6 Å². The summed E-state index contributed by atoms with van der Waals surface area (Å²) in [6, 6.07) is 3.75. The van der Waals surface area contributed by atoms with Crippen LogP contribution in [0.15, 0.2) is 18.2 Å². The summed E-state index contributed by atoms with van der Waals surface area (Å²) in [4.78, 5) is 24.8. The number of nitrogens with one attached hydrogen (secondary N) is 1. The summed E-state index contributed by atoms with van der Waals surface area (Å²) in [6.07, 6.45) is 0.684. The third kappa shape index (κ3) is 5.39. The molecule has 116 valence electrons. The lowest BCUT2D eigenvalue weighted by atomic mass is 10.1. The van der Waals surface area contributed by atoms with Crippen LogP contribution in [0.5, 0.6) is 0 Å². The predicted octanol–water partition coefficient (Wildman–Crippen LogP) is 0.633. The monoisotopic (exact) mass is 297 g/mol. The molecule has 1 aromatic carbocycles. The molecular formula is C14H20FN3O3. The van der Waals surface area contributed by atoms with E-state index in [0.717, 1.165) is 11.0 Å². The largest absolute Gasteiger partial charge is 0.399 e. The average Bonchev–Trinajstić information content (AvgIpc) is 2.45. The minimum Gasteiger partial charge on any atom is -0.399 e. The first kappa shape index (κ1) is 16.9. The second-order valence-corrected chi connectivity index (χ2v) is 4.60. The average molecular weight is 297 g/mol. The number of ether oxygens (including phenoxy) is 1. The zero-order chi connectivity index (χ0) is 15.8. The van der Waals surface area contributed by atoms with Crippen molar-refractivity contribution in [3.8, 4) is 0 Å². The van der Waals surface area contributed by atoms with E-state index < -0.39 is 11.7 Å². The van der Waals surface area contributed by atoms with E-state index in [1.807, 2.05) is 0 Å². The Kier molecular flexibility index (Phi) is 6.61. The fraction of sp³-hybridized carbons (Fsp3) is 0.429. The Morgan fingerprint density at radius 1 is 1.43 bits per heavy atom. The van der Waals surface area contributed by atoms with E-state index in [-0.39, 0.29) is 23.7 Å². The molecule has 2 amide bonds. The van der Waals surface area contributed by atoms with Gasteiger partial charge in [0.1, 0.15) is 5.82 Å². The van der Waals surface area contributed by atoms with Crippen LogP contribution in [0.4, 0.5) is 10.1 Å². The molecule has 0 atom stereocenters. The van der Waals surface area contributed by atoms with Gasteiger partial charge in [0.25, 0.3) is 5.91 Å². The summed E-state index contributed by atoms with van der Waals surface area (Å²) in [5, 5.41) is 2.65. The lowest BCUT2D eigenvalue weighted by Crippen LogP contribution is -2.39. The fourth-order valence-corrected chi connectivity index (χ4v) is 1.70. The Hall–Kier alpha value is -2.15. The maximum Gasteiger partial charge on any atom is 0.257 e. The highest BCUT2D eigenvalue weighted by atomic mass is 19.1.